The Bertz CT molecular complexity index is 765. The number of hydrogen-bond donors (Lipinski definition) is 0. The molecular formula is C22H26N2O2. The molecule has 1 aliphatic rings. The van der Waals surface area contributed by atoms with Crippen LogP contribution in [0.3, 0.4) is 0 Å². The van der Waals surface area contributed by atoms with E-state index >= 15 is 0 Å². The van der Waals surface area contributed by atoms with Crippen LogP contribution in [0.5, 0.6) is 0 Å². The smallest absolute Gasteiger partial charge is 0.254 e. The van der Waals surface area contributed by atoms with Gasteiger partial charge in [-0.05, 0) is 30.5 Å². The lowest BCUT2D eigenvalue weighted by molar-refractivity contribution is -0.133. The molecule has 0 N–H and O–H groups in total. The third-order valence-electron chi connectivity index (χ3n) is 5.18. The average Bonchev–Trinajstić information content (AvgIpc) is 2.73. The third kappa shape index (κ3) is 3.79. The summed E-state index contributed by atoms with van der Waals surface area (Å²) < 4.78 is 0. The summed E-state index contributed by atoms with van der Waals surface area (Å²) in [6.07, 6.45) is 0.842. The molecule has 2 amide bonds. The first-order chi connectivity index (χ1) is 12.6. The van der Waals surface area contributed by atoms with Crippen molar-refractivity contribution < 1.29 is 9.59 Å². The molecule has 1 fully saturated rings. The second-order valence-electron chi connectivity index (χ2n) is 6.76. The van der Waals surface area contributed by atoms with Crippen molar-refractivity contribution in [2.45, 2.75) is 26.2 Å². The Balaban J connectivity index is 1.62. The van der Waals surface area contributed by atoms with Crippen molar-refractivity contribution in [2.24, 2.45) is 0 Å². The predicted octanol–water partition coefficient (Wildman–Crippen LogP) is 3.34. The van der Waals surface area contributed by atoms with Gasteiger partial charge in [-0.3, -0.25) is 9.59 Å². The Morgan fingerprint density at radius 2 is 1.46 bits per heavy atom. The molecule has 0 aliphatic carbocycles. The summed E-state index contributed by atoms with van der Waals surface area (Å²) in [6.45, 7) is 6.38. The molecule has 1 saturated heterocycles. The maximum atomic E-state index is 12.8. The molecule has 26 heavy (non-hydrogen) atoms. The van der Waals surface area contributed by atoms with Crippen molar-refractivity contribution in [2.75, 3.05) is 26.2 Å². The largest absolute Gasteiger partial charge is 0.339 e. The van der Waals surface area contributed by atoms with Gasteiger partial charge in [0.25, 0.3) is 5.91 Å². The number of piperazine rings is 1. The zero-order valence-electron chi connectivity index (χ0n) is 15.5. The van der Waals surface area contributed by atoms with E-state index in [4.69, 9.17) is 0 Å². The van der Waals surface area contributed by atoms with Gasteiger partial charge in [0.05, 0.1) is 5.92 Å². The first-order valence-electron chi connectivity index (χ1n) is 9.32. The van der Waals surface area contributed by atoms with Gasteiger partial charge in [-0.1, -0.05) is 55.5 Å². The predicted molar refractivity (Wildman–Crippen MR) is 103 cm³/mol. The van der Waals surface area contributed by atoms with Crippen molar-refractivity contribution in [1.82, 2.24) is 9.80 Å². The minimum absolute atomic E-state index is 0.0747. The van der Waals surface area contributed by atoms with Gasteiger partial charge >= 0.3 is 0 Å². The maximum absolute atomic E-state index is 12.8. The highest BCUT2D eigenvalue weighted by Gasteiger charge is 2.28. The third-order valence-corrected chi connectivity index (χ3v) is 5.18. The van der Waals surface area contributed by atoms with Crippen LogP contribution in [0.1, 0.15) is 41.3 Å². The molecule has 0 radical (unpaired) electrons. The minimum atomic E-state index is -0.153. The molecule has 1 heterocycles. The lowest BCUT2D eigenvalue weighted by Crippen LogP contribution is -2.51. The van der Waals surface area contributed by atoms with Crippen molar-refractivity contribution in [3.63, 3.8) is 0 Å². The SMILES string of the molecule is CCc1ccccc1C(=O)N1CCN(C(=O)[C@@H](C)c2ccccc2)CC1. The second kappa shape index (κ2) is 8.17. The highest BCUT2D eigenvalue weighted by molar-refractivity contribution is 5.96. The molecule has 4 heteroatoms. The summed E-state index contributed by atoms with van der Waals surface area (Å²) in [5.41, 5.74) is 2.90. The first kappa shape index (κ1) is 18.2. The molecular weight excluding hydrogens is 324 g/mol. The maximum Gasteiger partial charge on any atom is 0.254 e. The molecule has 0 saturated carbocycles. The Morgan fingerprint density at radius 1 is 0.885 bits per heavy atom. The lowest BCUT2D eigenvalue weighted by Gasteiger charge is -2.36. The van der Waals surface area contributed by atoms with E-state index in [1.165, 1.54) is 0 Å². The molecule has 0 aromatic heterocycles. The second-order valence-corrected chi connectivity index (χ2v) is 6.76. The topological polar surface area (TPSA) is 40.6 Å². The summed E-state index contributed by atoms with van der Waals surface area (Å²) in [7, 11) is 0. The monoisotopic (exact) mass is 350 g/mol. The van der Waals surface area contributed by atoms with Crippen LogP contribution in [0.15, 0.2) is 54.6 Å². The summed E-state index contributed by atoms with van der Waals surface area (Å²) in [6, 6.07) is 17.6. The molecule has 3 rings (SSSR count). The van der Waals surface area contributed by atoms with Crippen LogP contribution in [0, 0.1) is 0 Å². The van der Waals surface area contributed by atoms with E-state index in [0.717, 1.165) is 23.1 Å². The van der Waals surface area contributed by atoms with Gasteiger partial charge in [-0.25, -0.2) is 0 Å². The molecule has 136 valence electrons. The Labute approximate surface area is 155 Å². The van der Waals surface area contributed by atoms with E-state index in [0.29, 0.717) is 26.2 Å². The highest BCUT2D eigenvalue weighted by atomic mass is 16.2. The molecule has 0 spiro atoms. The Morgan fingerprint density at radius 3 is 2.12 bits per heavy atom. The van der Waals surface area contributed by atoms with Crippen LogP contribution in [0.25, 0.3) is 0 Å². The molecule has 2 aromatic carbocycles. The van der Waals surface area contributed by atoms with Crippen LogP contribution in [0.4, 0.5) is 0 Å². The van der Waals surface area contributed by atoms with Crippen LogP contribution in [-0.4, -0.2) is 47.8 Å². The van der Waals surface area contributed by atoms with Crippen molar-refractivity contribution in [3.05, 3.63) is 71.3 Å². The molecule has 4 nitrogen and oxygen atoms in total. The number of carbonyl (C=O) groups is 2. The number of carbonyl (C=O) groups excluding carboxylic acids is 2. The van der Waals surface area contributed by atoms with Crippen LogP contribution < -0.4 is 0 Å². The van der Waals surface area contributed by atoms with E-state index in [-0.39, 0.29) is 17.7 Å². The Kier molecular flexibility index (Phi) is 5.71. The zero-order valence-corrected chi connectivity index (χ0v) is 15.5. The lowest BCUT2D eigenvalue weighted by atomic mass is 9.99. The molecule has 2 aromatic rings. The first-order valence-corrected chi connectivity index (χ1v) is 9.32. The normalized spacial score (nSPS) is 15.6. The molecule has 0 unspecified atom stereocenters. The standard InChI is InChI=1S/C22H26N2O2/c1-3-18-9-7-8-12-20(18)22(26)24-15-13-23(14-16-24)21(25)17(2)19-10-5-4-6-11-19/h4-12,17H,3,13-16H2,1-2H3/t17-/m0/s1. The van der Waals surface area contributed by atoms with Gasteiger partial charge in [-0.2, -0.15) is 0 Å². The fraction of sp³-hybridized carbons (Fsp3) is 0.364. The van der Waals surface area contributed by atoms with Crippen LogP contribution in [0.2, 0.25) is 0 Å². The number of aryl methyl sites for hydroxylation is 1. The van der Waals surface area contributed by atoms with Crippen LogP contribution >= 0.6 is 0 Å². The van der Waals surface area contributed by atoms with Gasteiger partial charge in [0.15, 0.2) is 0 Å². The van der Waals surface area contributed by atoms with Gasteiger partial charge in [0.2, 0.25) is 5.91 Å². The van der Waals surface area contributed by atoms with Crippen LogP contribution in [-0.2, 0) is 11.2 Å². The summed E-state index contributed by atoms with van der Waals surface area (Å²) in [4.78, 5) is 29.4. The van der Waals surface area contributed by atoms with Crippen molar-refractivity contribution in [1.29, 1.82) is 0 Å². The van der Waals surface area contributed by atoms with E-state index < -0.39 is 0 Å². The fourth-order valence-corrected chi connectivity index (χ4v) is 3.50. The van der Waals surface area contributed by atoms with Crippen molar-refractivity contribution in [3.8, 4) is 0 Å². The fourth-order valence-electron chi connectivity index (χ4n) is 3.50. The molecule has 1 aliphatic heterocycles. The summed E-state index contributed by atoms with van der Waals surface area (Å²) >= 11 is 0. The van der Waals surface area contributed by atoms with Gasteiger partial charge in [0, 0.05) is 31.7 Å². The number of benzene rings is 2. The van der Waals surface area contributed by atoms with Gasteiger partial charge in [0.1, 0.15) is 0 Å². The summed E-state index contributed by atoms with van der Waals surface area (Å²) in [5, 5.41) is 0. The zero-order chi connectivity index (χ0) is 18.5. The van der Waals surface area contributed by atoms with Crippen molar-refractivity contribution >= 4 is 11.8 Å². The van der Waals surface area contributed by atoms with E-state index in [2.05, 4.69) is 6.92 Å². The minimum Gasteiger partial charge on any atom is -0.339 e. The highest BCUT2D eigenvalue weighted by Crippen LogP contribution is 2.20. The quantitative estimate of drug-likeness (QED) is 0.848. The number of nitrogens with zero attached hydrogens (tertiary/aromatic N) is 2. The average molecular weight is 350 g/mol. The van der Waals surface area contributed by atoms with Gasteiger partial charge < -0.3 is 9.80 Å². The number of rotatable bonds is 4. The molecule has 0 bridgehead atoms. The van der Waals surface area contributed by atoms with E-state index in [1.54, 1.807) is 0 Å². The summed E-state index contributed by atoms with van der Waals surface area (Å²) in [5.74, 6) is 0.0576. The number of amides is 2. The van der Waals surface area contributed by atoms with Gasteiger partial charge in [-0.15, -0.1) is 0 Å². The number of hydrogen-bond acceptors (Lipinski definition) is 2. The van der Waals surface area contributed by atoms with E-state index in [9.17, 15) is 9.59 Å². The van der Waals surface area contributed by atoms with E-state index in [1.807, 2.05) is 71.3 Å². The Hall–Kier alpha value is -2.62. The molecule has 1 atom stereocenters.